The third kappa shape index (κ3) is 4.09. The number of anilines is 1. The number of carbonyl (C=O) groups is 1. The summed E-state index contributed by atoms with van der Waals surface area (Å²) in [7, 11) is -6.71. The summed E-state index contributed by atoms with van der Waals surface area (Å²) in [6.45, 7) is 0. The van der Waals surface area contributed by atoms with Gasteiger partial charge in [0.25, 0.3) is 10.0 Å². The van der Waals surface area contributed by atoms with Crippen molar-refractivity contribution in [3.8, 4) is 5.75 Å². The average Bonchev–Trinajstić information content (AvgIpc) is 2.53. The number of rotatable bonds is 6. The molecule has 0 fully saturated rings. The summed E-state index contributed by atoms with van der Waals surface area (Å²) in [5.41, 5.74) is 5.22. The highest BCUT2D eigenvalue weighted by Crippen LogP contribution is 2.29. The fourth-order valence-electron chi connectivity index (χ4n) is 2.12. The molecule has 0 atom stereocenters. The maximum Gasteiger partial charge on any atom is 0.263 e. The maximum absolute atomic E-state index is 12.7. The summed E-state index contributed by atoms with van der Waals surface area (Å²) in [4.78, 5) is 10.5. The Labute approximate surface area is 145 Å². The molecule has 0 saturated heterocycles. The lowest BCUT2D eigenvalue weighted by Crippen LogP contribution is -2.18. The van der Waals surface area contributed by atoms with E-state index in [1.165, 1.54) is 49.6 Å². The number of nitrogens with two attached hydrogens (primary N) is 1. The van der Waals surface area contributed by atoms with Gasteiger partial charge in [0.2, 0.25) is 5.91 Å². The zero-order chi connectivity index (χ0) is 18.8. The summed E-state index contributed by atoms with van der Waals surface area (Å²) < 4.78 is 56.3. The average molecular weight is 384 g/mol. The van der Waals surface area contributed by atoms with Gasteiger partial charge in [0, 0.05) is 11.8 Å². The van der Waals surface area contributed by atoms with Gasteiger partial charge in [0.05, 0.1) is 17.7 Å². The fourth-order valence-corrected chi connectivity index (χ4v) is 4.81. The molecule has 2 rings (SSSR count). The molecule has 0 unspecified atom stereocenters. The number of methoxy groups -OCH3 is 1. The van der Waals surface area contributed by atoms with E-state index in [1.54, 1.807) is 0 Å². The van der Waals surface area contributed by atoms with Crippen molar-refractivity contribution in [2.45, 2.75) is 9.79 Å². The molecule has 0 bridgehead atoms. The first-order valence-electron chi connectivity index (χ1n) is 6.86. The summed E-state index contributed by atoms with van der Waals surface area (Å²) in [6, 6.07) is 9.15. The van der Waals surface area contributed by atoms with Gasteiger partial charge in [0.1, 0.15) is 10.6 Å². The molecule has 0 saturated carbocycles. The molecule has 2 aromatic carbocycles. The topological polar surface area (TPSA) is 133 Å². The van der Waals surface area contributed by atoms with Crippen molar-refractivity contribution in [2.75, 3.05) is 18.1 Å². The number of hydrogen-bond donors (Lipinski definition) is 2. The first kappa shape index (κ1) is 18.7. The van der Waals surface area contributed by atoms with E-state index in [4.69, 9.17) is 10.5 Å². The van der Waals surface area contributed by atoms with E-state index in [-0.39, 0.29) is 21.9 Å². The number of amides is 1. The number of sulfonamides is 1. The second-order valence-electron chi connectivity index (χ2n) is 5.10. The van der Waals surface area contributed by atoms with E-state index in [1.807, 2.05) is 0 Å². The van der Waals surface area contributed by atoms with Crippen LogP contribution in [-0.4, -0.2) is 36.1 Å². The molecule has 25 heavy (non-hydrogen) atoms. The van der Waals surface area contributed by atoms with E-state index >= 15 is 0 Å². The Bertz CT molecular complexity index is 1030. The number of nitrogens with one attached hydrogen (secondary N) is 1. The fraction of sp³-hybridized carbons (Fsp3) is 0.133. The molecule has 0 aliphatic rings. The third-order valence-electron chi connectivity index (χ3n) is 3.27. The number of sulfone groups is 1. The van der Waals surface area contributed by atoms with Crippen LogP contribution in [0.25, 0.3) is 0 Å². The van der Waals surface area contributed by atoms with Gasteiger partial charge < -0.3 is 10.5 Å². The van der Waals surface area contributed by atoms with Gasteiger partial charge in [0.15, 0.2) is 9.84 Å². The largest absolute Gasteiger partial charge is 0.495 e. The molecule has 0 aliphatic carbocycles. The molecule has 0 heterocycles. The van der Waals surface area contributed by atoms with Gasteiger partial charge in [-0.1, -0.05) is 12.1 Å². The molecule has 0 radical (unpaired) electrons. The van der Waals surface area contributed by atoms with Crippen molar-refractivity contribution in [1.29, 1.82) is 0 Å². The van der Waals surface area contributed by atoms with Crippen LogP contribution in [0, 0.1) is 0 Å². The third-order valence-corrected chi connectivity index (χ3v) is 5.97. The van der Waals surface area contributed by atoms with Crippen molar-refractivity contribution >= 4 is 31.5 Å². The second kappa shape index (κ2) is 6.73. The molecule has 8 nitrogen and oxygen atoms in total. The van der Waals surface area contributed by atoms with Crippen molar-refractivity contribution in [3.63, 3.8) is 0 Å². The number of carbonyl (C=O) groups excluding carboxylic acids is 1. The maximum atomic E-state index is 12.7. The van der Waals surface area contributed by atoms with Gasteiger partial charge >= 0.3 is 0 Å². The van der Waals surface area contributed by atoms with Gasteiger partial charge in [-0.3, -0.25) is 9.52 Å². The van der Waals surface area contributed by atoms with Crippen molar-refractivity contribution in [3.05, 3.63) is 48.0 Å². The number of primary amides is 1. The van der Waals surface area contributed by atoms with E-state index < -0.39 is 30.7 Å². The van der Waals surface area contributed by atoms with Crippen molar-refractivity contribution in [1.82, 2.24) is 0 Å². The SMILES string of the molecule is COc1ccc(C(N)=O)cc1NS(=O)(=O)c1ccccc1S(C)(=O)=O. The minimum atomic E-state index is -4.26. The lowest BCUT2D eigenvalue weighted by atomic mass is 10.2. The van der Waals surface area contributed by atoms with Crippen LogP contribution >= 0.6 is 0 Å². The highest BCUT2D eigenvalue weighted by molar-refractivity contribution is 7.95. The molecule has 10 heteroatoms. The van der Waals surface area contributed by atoms with Gasteiger partial charge in [-0.25, -0.2) is 16.8 Å². The summed E-state index contributed by atoms with van der Waals surface area (Å²) in [5, 5.41) is 0. The van der Waals surface area contributed by atoms with E-state index in [0.717, 1.165) is 6.26 Å². The van der Waals surface area contributed by atoms with Crippen LogP contribution in [-0.2, 0) is 19.9 Å². The lowest BCUT2D eigenvalue weighted by molar-refractivity contribution is 0.1000. The summed E-state index contributed by atoms with van der Waals surface area (Å²) in [6.07, 6.45) is 0.912. The summed E-state index contributed by atoms with van der Waals surface area (Å²) in [5.74, 6) is -0.606. The quantitative estimate of drug-likeness (QED) is 0.763. The van der Waals surface area contributed by atoms with Crippen LogP contribution in [0.2, 0.25) is 0 Å². The Hall–Kier alpha value is -2.59. The van der Waals surface area contributed by atoms with Crippen LogP contribution < -0.4 is 15.2 Å². The lowest BCUT2D eigenvalue weighted by Gasteiger charge is -2.14. The molecular weight excluding hydrogens is 368 g/mol. The van der Waals surface area contributed by atoms with Gasteiger partial charge in [-0.05, 0) is 30.3 Å². The molecule has 0 aromatic heterocycles. The van der Waals surface area contributed by atoms with Crippen LogP contribution in [0.4, 0.5) is 5.69 Å². The molecule has 0 spiro atoms. The number of hydrogen-bond acceptors (Lipinski definition) is 6. The second-order valence-corrected chi connectivity index (χ2v) is 8.74. The van der Waals surface area contributed by atoms with Crippen LogP contribution in [0.1, 0.15) is 10.4 Å². The smallest absolute Gasteiger partial charge is 0.263 e. The molecule has 0 aliphatic heterocycles. The molecule has 134 valence electrons. The Morgan fingerprint density at radius 1 is 1.04 bits per heavy atom. The minimum Gasteiger partial charge on any atom is -0.495 e. The Morgan fingerprint density at radius 2 is 1.64 bits per heavy atom. The molecular formula is C15H16N2O6S2. The monoisotopic (exact) mass is 384 g/mol. The Balaban J connectivity index is 2.58. The molecule has 3 N–H and O–H groups in total. The van der Waals surface area contributed by atoms with Crippen LogP contribution in [0.3, 0.4) is 0 Å². The first-order chi connectivity index (χ1) is 11.6. The van der Waals surface area contributed by atoms with Crippen LogP contribution in [0.5, 0.6) is 5.75 Å². The molecule has 1 amide bonds. The van der Waals surface area contributed by atoms with E-state index in [0.29, 0.717) is 0 Å². The minimum absolute atomic E-state index is 0.0397. The van der Waals surface area contributed by atoms with E-state index in [9.17, 15) is 21.6 Å². The Kier molecular flexibility index (Phi) is 5.04. The zero-order valence-electron chi connectivity index (χ0n) is 13.4. The zero-order valence-corrected chi connectivity index (χ0v) is 15.0. The normalized spacial score (nSPS) is 11.8. The van der Waals surface area contributed by atoms with Gasteiger partial charge in [-0.15, -0.1) is 0 Å². The highest BCUT2D eigenvalue weighted by Gasteiger charge is 2.24. The Morgan fingerprint density at radius 3 is 2.16 bits per heavy atom. The standard InChI is InChI=1S/C15H16N2O6S2/c1-23-12-8-7-10(15(16)18)9-11(12)17-25(21,22)14-6-4-3-5-13(14)24(2,19)20/h3-9,17H,1-2H3,(H2,16,18). The van der Waals surface area contributed by atoms with Crippen molar-refractivity contribution in [2.24, 2.45) is 5.73 Å². The van der Waals surface area contributed by atoms with Crippen molar-refractivity contribution < 1.29 is 26.4 Å². The van der Waals surface area contributed by atoms with Gasteiger partial charge in [-0.2, -0.15) is 0 Å². The molecule has 2 aromatic rings. The number of ether oxygens (including phenoxy) is 1. The summed E-state index contributed by atoms with van der Waals surface area (Å²) >= 11 is 0. The van der Waals surface area contributed by atoms with E-state index in [2.05, 4.69) is 4.72 Å². The predicted octanol–water partition coefficient (Wildman–Crippen LogP) is 0.998. The van der Waals surface area contributed by atoms with Crippen LogP contribution in [0.15, 0.2) is 52.3 Å². The first-order valence-corrected chi connectivity index (χ1v) is 10.2. The number of benzene rings is 2. The predicted molar refractivity (Wildman–Crippen MR) is 91.9 cm³/mol. The highest BCUT2D eigenvalue weighted by atomic mass is 32.2.